The van der Waals surface area contributed by atoms with Gasteiger partial charge in [0.1, 0.15) is 29.9 Å². The van der Waals surface area contributed by atoms with Crippen molar-refractivity contribution in [1.82, 2.24) is 29.7 Å². The van der Waals surface area contributed by atoms with Gasteiger partial charge in [-0.2, -0.15) is 4.98 Å². The number of hydrogen-bond donors (Lipinski definition) is 6. The minimum atomic E-state index is -1.17. The molecule has 8 N–H and O–H groups in total. The number of thioether (sulfide) groups is 1. The molecule has 2 unspecified atom stereocenters. The van der Waals surface area contributed by atoms with Crippen LogP contribution in [0.3, 0.4) is 0 Å². The summed E-state index contributed by atoms with van der Waals surface area (Å²) in [5.74, 6) is -0.243. The Bertz CT molecular complexity index is 1620. The maximum Gasteiger partial charge on any atom is 0.321 e. The van der Waals surface area contributed by atoms with Crippen LogP contribution in [-0.4, -0.2) is 150 Å². The Morgan fingerprint density at radius 2 is 1.80 bits per heavy atom. The van der Waals surface area contributed by atoms with Crippen molar-refractivity contribution in [2.24, 2.45) is 5.73 Å². The first-order valence-corrected chi connectivity index (χ1v) is 19.9. The predicted molar refractivity (Wildman–Crippen MR) is 220 cm³/mol. The fourth-order valence-electron chi connectivity index (χ4n) is 5.45. The molecular formula is C38H61N9O8S. The van der Waals surface area contributed by atoms with Crippen LogP contribution in [0, 0.1) is 0 Å². The lowest BCUT2D eigenvalue weighted by molar-refractivity contribution is -0.138. The van der Waals surface area contributed by atoms with Crippen LogP contribution in [0.2, 0.25) is 0 Å². The summed E-state index contributed by atoms with van der Waals surface area (Å²) in [6.45, 7) is 11.2. The highest BCUT2D eigenvalue weighted by molar-refractivity contribution is 8.00. The molecule has 312 valence electrons. The summed E-state index contributed by atoms with van der Waals surface area (Å²) >= 11 is 0.932. The third-order valence-electron chi connectivity index (χ3n) is 8.61. The molecule has 0 radical (unpaired) electrons. The third kappa shape index (κ3) is 18.1. The monoisotopic (exact) mass is 803 g/mol. The van der Waals surface area contributed by atoms with Crippen molar-refractivity contribution in [3.63, 3.8) is 0 Å². The van der Waals surface area contributed by atoms with Gasteiger partial charge in [-0.3, -0.25) is 14.5 Å². The first-order chi connectivity index (χ1) is 26.9. The second kappa shape index (κ2) is 27.3. The van der Waals surface area contributed by atoms with Gasteiger partial charge in [-0.15, -0.1) is 11.8 Å². The average molecular weight is 804 g/mol. The quantitative estimate of drug-likeness (QED) is 0.0596. The molecule has 0 bridgehead atoms. The van der Waals surface area contributed by atoms with Crippen molar-refractivity contribution in [3.05, 3.63) is 41.6 Å². The van der Waals surface area contributed by atoms with Crippen LogP contribution < -0.4 is 26.8 Å². The van der Waals surface area contributed by atoms with E-state index < -0.39 is 23.2 Å². The predicted octanol–water partition coefficient (Wildman–Crippen LogP) is 2.41. The number of carbonyl (C=O) groups excluding carboxylic acids is 2. The molecule has 3 aromatic rings. The highest BCUT2D eigenvalue weighted by atomic mass is 32.2. The fourth-order valence-corrected chi connectivity index (χ4v) is 6.39. The molecular weight excluding hydrogens is 743 g/mol. The number of carboxylic acids is 2. The van der Waals surface area contributed by atoms with E-state index in [1.807, 2.05) is 19.3 Å². The van der Waals surface area contributed by atoms with Gasteiger partial charge in [0.05, 0.1) is 44.1 Å². The molecule has 17 nitrogen and oxygen atoms in total. The molecule has 4 rings (SSSR count). The number of anilines is 2. The third-order valence-corrected chi connectivity index (χ3v) is 9.86. The summed E-state index contributed by atoms with van der Waals surface area (Å²) in [5, 5.41) is 22.4. The Morgan fingerprint density at radius 1 is 1.05 bits per heavy atom. The molecule has 0 spiro atoms. The molecule has 1 aromatic carbocycles. The standard InChI is InChI=1S/C25H37N7O.C7H11NO5S.C6H13NO2/c1-4-5-6-10-27-24-23-21(28-25(26)29-24)9-11-32(23)18-20-8-7-19(16-22(20)33-3)17-31-14-12-30(2)13-15-31;8-5(7(12)13)3-14-4(2-9)1-6(10)11;1-7-3-6-9-5-2-4-8/h7-9,11,16H,4-6,10,12-15,17-18H2,1-3H3,(H3,26,27,28,29);2,4-5H,1,3,8H2,(H,10,11)(H,12,13);4,7H,2-3,5-6H2,1H3. The van der Waals surface area contributed by atoms with Crippen LogP contribution >= 0.6 is 11.8 Å². The highest BCUT2D eigenvalue weighted by Gasteiger charge is 2.18. The van der Waals surface area contributed by atoms with Crippen molar-refractivity contribution in [2.75, 3.05) is 90.5 Å². The van der Waals surface area contributed by atoms with Gasteiger partial charge in [-0.05, 0) is 38.2 Å². The van der Waals surface area contributed by atoms with E-state index in [0.717, 1.165) is 98.4 Å². The summed E-state index contributed by atoms with van der Waals surface area (Å²) in [7, 11) is 5.80. The number of aromatic nitrogens is 3. The number of aldehydes is 2. The molecule has 0 saturated carbocycles. The first-order valence-electron chi connectivity index (χ1n) is 18.8. The molecule has 0 amide bonds. The minimum Gasteiger partial charge on any atom is -0.496 e. The van der Waals surface area contributed by atoms with Crippen molar-refractivity contribution in [1.29, 1.82) is 0 Å². The zero-order valence-electron chi connectivity index (χ0n) is 33.2. The van der Waals surface area contributed by atoms with Crippen molar-refractivity contribution >= 4 is 59.1 Å². The minimum absolute atomic E-state index is 0.0199. The van der Waals surface area contributed by atoms with E-state index >= 15 is 0 Å². The number of rotatable bonds is 23. The Morgan fingerprint density at radius 3 is 2.43 bits per heavy atom. The number of nitrogens with two attached hydrogens (primary N) is 2. The number of methoxy groups -OCH3 is 1. The molecule has 1 aliphatic rings. The molecule has 1 saturated heterocycles. The van der Waals surface area contributed by atoms with Crippen LogP contribution in [0.25, 0.3) is 11.0 Å². The maximum atomic E-state index is 10.4. The van der Waals surface area contributed by atoms with E-state index in [0.29, 0.717) is 38.4 Å². The zero-order valence-corrected chi connectivity index (χ0v) is 34.0. The van der Waals surface area contributed by atoms with Gasteiger partial charge in [0, 0.05) is 69.7 Å². The summed E-state index contributed by atoms with van der Waals surface area (Å²) in [6, 6.07) is 7.51. The van der Waals surface area contributed by atoms with Gasteiger partial charge in [-0.25, -0.2) is 4.98 Å². The number of carbonyl (C=O) groups is 4. The van der Waals surface area contributed by atoms with E-state index in [1.54, 1.807) is 7.11 Å². The lowest BCUT2D eigenvalue weighted by atomic mass is 10.1. The Labute approximate surface area is 333 Å². The Kier molecular flexibility index (Phi) is 23.3. The molecule has 2 aromatic heterocycles. The number of hydrogen-bond acceptors (Lipinski definition) is 15. The van der Waals surface area contributed by atoms with Crippen LogP contribution in [0.1, 0.15) is 50.2 Å². The lowest BCUT2D eigenvalue weighted by Crippen LogP contribution is -2.43. The Balaban J connectivity index is 0.000000389. The van der Waals surface area contributed by atoms with E-state index in [4.69, 9.17) is 31.2 Å². The van der Waals surface area contributed by atoms with Crippen LogP contribution in [0.4, 0.5) is 11.8 Å². The molecule has 1 aliphatic heterocycles. The summed E-state index contributed by atoms with van der Waals surface area (Å²) in [5.41, 5.74) is 15.4. The smallest absolute Gasteiger partial charge is 0.321 e. The van der Waals surface area contributed by atoms with Crippen LogP contribution in [0.15, 0.2) is 30.5 Å². The van der Waals surface area contributed by atoms with Crippen molar-refractivity contribution in [2.45, 2.75) is 63.4 Å². The highest BCUT2D eigenvalue weighted by Crippen LogP contribution is 2.27. The number of nitrogen functional groups attached to an aromatic ring is 1. The number of piperazine rings is 1. The maximum absolute atomic E-state index is 10.4. The molecule has 3 heterocycles. The van der Waals surface area contributed by atoms with Gasteiger partial charge in [0.2, 0.25) is 5.95 Å². The van der Waals surface area contributed by atoms with E-state index in [9.17, 15) is 19.2 Å². The van der Waals surface area contributed by atoms with Gasteiger partial charge in [0.15, 0.2) is 5.82 Å². The second-order valence-electron chi connectivity index (χ2n) is 13.2. The van der Waals surface area contributed by atoms with Gasteiger partial charge in [0.25, 0.3) is 0 Å². The molecule has 2 atom stereocenters. The summed E-state index contributed by atoms with van der Waals surface area (Å²) in [6.07, 6.45) is 7.05. The summed E-state index contributed by atoms with van der Waals surface area (Å²) in [4.78, 5) is 54.4. The van der Waals surface area contributed by atoms with Gasteiger partial charge >= 0.3 is 11.9 Å². The second-order valence-corrected chi connectivity index (χ2v) is 14.5. The molecule has 18 heteroatoms. The number of fused-ring (bicyclic) bond motifs is 1. The largest absolute Gasteiger partial charge is 0.496 e. The van der Waals surface area contributed by atoms with Crippen LogP contribution in [-0.2, 0) is 37.0 Å². The number of carboxylic acid groups (broad SMARTS) is 2. The normalized spacial score (nSPS) is 14.1. The zero-order chi connectivity index (χ0) is 41.3. The fraction of sp³-hybridized carbons (Fsp3) is 0.579. The number of nitrogens with one attached hydrogen (secondary N) is 2. The van der Waals surface area contributed by atoms with Gasteiger partial charge in [-0.1, -0.05) is 31.9 Å². The molecule has 0 aliphatic carbocycles. The Hall–Kier alpha value is -4.33. The van der Waals surface area contributed by atoms with Crippen LogP contribution in [0.5, 0.6) is 5.75 Å². The lowest BCUT2D eigenvalue weighted by Gasteiger charge is -2.32. The number of unbranched alkanes of at least 4 members (excludes halogenated alkanes) is 2. The summed E-state index contributed by atoms with van der Waals surface area (Å²) < 4.78 is 13.0. The van der Waals surface area contributed by atoms with E-state index in [-0.39, 0.29) is 12.2 Å². The number of nitrogens with zero attached hydrogens (tertiary/aromatic N) is 5. The van der Waals surface area contributed by atoms with E-state index in [2.05, 4.69) is 67.1 Å². The first kappa shape index (κ1) is 47.8. The van der Waals surface area contributed by atoms with Crippen molar-refractivity contribution < 1.29 is 38.9 Å². The number of benzene rings is 1. The van der Waals surface area contributed by atoms with Gasteiger partial charge < -0.3 is 60.8 Å². The topological polar surface area (TPSA) is 240 Å². The average Bonchev–Trinajstić information content (AvgIpc) is 3.58. The number of aliphatic carboxylic acids is 2. The number of ether oxygens (including phenoxy) is 2. The molecule has 56 heavy (non-hydrogen) atoms. The van der Waals surface area contributed by atoms with Crippen molar-refractivity contribution in [3.8, 4) is 5.75 Å². The SMILES string of the molecule is CCCCCNc1nc(N)nc2ccn(Cc3ccc(CN4CCN(C)CC4)cc3OC)c12.CNCCOCCC=O.NC(CSC(C=O)CC(=O)O)C(=O)O. The van der Waals surface area contributed by atoms with E-state index in [1.165, 1.54) is 18.4 Å². The molecule has 1 fully saturated rings. The number of likely N-dealkylation sites (N-methyl/N-ethyl adjacent to an activating group) is 2.